The summed E-state index contributed by atoms with van der Waals surface area (Å²) in [5.41, 5.74) is 9.66. The van der Waals surface area contributed by atoms with Crippen LogP contribution in [0.1, 0.15) is 29.8 Å². The van der Waals surface area contributed by atoms with Crippen LogP contribution in [0, 0.1) is 5.92 Å². The van der Waals surface area contributed by atoms with E-state index in [0.29, 0.717) is 34.7 Å². The van der Waals surface area contributed by atoms with Crippen LogP contribution in [0.4, 0.5) is 5.82 Å². The molecule has 4 aromatic rings. The molecule has 0 spiro atoms. The van der Waals surface area contributed by atoms with E-state index >= 15 is 0 Å². The van der Waals surface area contributed by atoms with Gasteiger partial charge in [-0.05, 0) is 24.1 Å². The van der Waals surface area contributed by atoms with Crippen LogP contribution in [0.15, 0.2) is 53.9 Å². The van der Waals surface area contributed by atoms with Crippen LogP contribution in [0.5, 0.6) is 0 Å². The molecule has 3 N–H and O–H groups in total. The van der Waals surface area contributed by atoms with Gasteiger partial charge in [0, 0.05) is 24.5 Å². The van der Waals surface area contributed by atoms with Gasteiger partial charge in [0.05, 0.1) is 17.2 Å². The molecule has 0 atom stereocenters. The number of nitrogens with two attached hydrogens (primary N) is 1. The zero-order chi connectivity index (χ0) is 20.4. The molecule has 4 rings (SSSR count). The zero-order valence-electron chi connectivity index (χ0n) is 16.2. The molecule has 0 bridgehead atoms. The summed E-state index contributed by atoms with van der Waals surface area (Å²) in [7, 11) is 0. The van der Waals surface area contributed by atoms with Crippen molar-refractivity contribution >= 4 is 40.1 Å². The quantitative estimate of drug-likeness (QED) is 0.512. The summed E-state index contributed by atoms with van der Waals surface area (Å²) in [4.78, 5) is 26.3. The fraction of sp³-hybridized carbons (Fsp3) is 0.190. The summed E-state index contributed by atoms with van der Waals surface area (Å²) in [5, 5.41) is 7.36. The molecule has 0 aliphatic heterocycles. The number of rotatable bonds is 5. The number of nitrogens with one attached hydrogen (secondary N) is 1. The highest BCUT2D eigenvalue weighted by molar-refractivity contribution is 6.10. The first-order valence-electron chi connectivity index (χ1n) is 9.34. The van der Waals surface area contributed by atoms with Gasteiger partial charge in [-0.15, -0.1) is 0 Å². The van der Waals surface area contributed by atoms with E-state index in [1.807, 2.05) is 50.2 Å². The van der Waals surface area contributed by atoms with Crippen molar-refractivity contribution in [2.45, 2.75) is 13.8 Å². The van der Waals surface area contributed by atoms with Crippen LogP contribution < -0.4 is 11.1 Å². The van der Waals surface area contributed by atoms with Crippen molar-refractivity contribution in [3.05, 3.63) is 59.9 Å². The molecule has 0 aliphatic rings. The molecule has 0 radical (unpaired) electrons. The Morgan fingerprint density at radius 2 is 1.97 bits per heavy atom. The van der Waals surface area contributed by atoms with Crippen molar-refractivity contribution in [1.29, 1.82) is 0 Å². The number of carbonyl (C=O) groups is 1. The van der Waals surface area contributed by atoms with Gasteiger partial charge in [0.2, 0.25) is 0 Å². The second-order valence-corrected chi connectivity index (χ2v) is 7.09. The summed E-state index contributed by atoms with van der Waals surface area (Å²) in [6, 6.07) is 11.2. The number of aromatic nitrogens is 4. The number of para-hydroxylation sites is 2. The Hall–Kier alpha value is -3.81. The van der Waals surface area contributed by atoms with Crippen LogP contribution in [-0.2, 0) is 0 Å². The van der Waals surface area contributed by atoms with E-state index in [0.717, 1.165) is 5.56 Å². The summed E-state index contributed by atoms with van der Waals surface area (Å²) in [6.45, 7) is 4.59. The van der Waals surface area contributed by atoms with E-state index in [-0.39, 0.29) is 17.3 Å². The molecule has 8 nitrogen and oxygen atoms in total. The third-order valence-electron chi connectivity index (χ3n) is 4.38. The fourth-order valence-corrected chi connectivity index (χ4v) is 2.95. The SMILES string of the molecule is CC(C)CNC(=O)c1c(N)n(/N=C/c2cccnc2)c2nc3ccccc3nc12. The molecule has 3 heterocycles. The molecular weight excluding hydrogens is 366 g/mol. The molecule has 29 heavy (non-hydrogen) atoms. The number of benzene rings is 1. The molecule has 0 unspecified atom stereocenters. The van der Waals surface area contributed by atoms with Gasteiger partial charge in [0.1, 0.15) is 16.9 Å². The summed E-state index contributed by atoms with van der Waals surface area (Å²) in [5.74, 6) is 0.210. The summed E-state index contributed by atoms with van der Waals surface area (Å²) < 4.78 is 1.45. The first-order valence-corrected chi connectivity index (χ1v) is 9.34. The lowest BCUT2D eigenvalue weighted by molar-refractivity contribution is 0.0951. The Morgan fingerprint density at radius 3 is 2.66 bits per heavy atom. The van der Waals surface area contributed by atoms with Crippen LogP contribution in [0.2, 0.25) is 0 Å². The molecule has 0 fully saturated rings. The van der Waals surface area contributed by atoms with Gasteiger partial charge in [-0.1, -0.05) is 32.0 Å². The first kappa shape index (κ1) is 18.5. The number of amides is 1. The van der Waals surface area contributed by atoms with Crippen LogP contribution in [0.3, 0.4) is 0 Å². The normalized spacial score (nSPS) is 11.7. The molecular formula is C21H21N7O. The molecule has 0 saturated carbocycles. The highest BCUT2D eigenvalue weighted by atomic mass is 16.1. The third kappa shape index (κ3) is 3.64. The number of hydrogen-bond donors (Lipinski definition) is 2. The Kier molecular flexibility index (Phi) is 4.90. The highest BCUT2D eigenvalue weighted by Crippen LogP contribution is 2.27. The fourth-order valence-electron chi connectivity index (χ4n) is 2.95. The van der Waals surface area contributed by atoms with Gasteiger partial charge >= 0.3 is 0 Å². The average molecular weight is 387 g/mol. The van der Waals surface area contributed by atoms with E-state index in [9.17, 15) is 4.79 Å². The predicted molar refractivity (Wildman–Crippen MR) is 114 cm³/mol. The highest BCUT2D eigenvalue weighted by Gasteiger charge is 2.24. The lowest BCUT2D eigenvalue weighted by Crippen LogP contribution is -2.28. The van der Waals surface area contributed by atoms with Crippen LogP contribution in [0.25, 0.3) is 22.2 Å². The van der Waals surface area contributed by atoms with Crippen molar-refractivity contribution in [3.8, 4) is 0 Å². The Balaban J connectivity index is 1.89. The van der Waals surface area contributed by atoms with Crippen molar-refractivity contribution in [3.63, 3.8) is 0 Å². The largest absolute Gasteiger partial charge is 0.383 e. The van der Waals surface area contributed by atoms with Gasteiger partial charge < -0.3 is 11.1 Å². The Morgan fingerprint density at radius 1 is 1.21 bits per heavy atom. The Bertz CT molecular complexity index is 1210. The van der Waals surface area contributed by atoms with Gasteiger partial charge in [-0.25, -0.2) is 9.97 Å². The number of nitrogens with zero attached hydrogens (tertiary/aromatic N) is 5. The summed E-state index contributed by atoms with van der Waals surface area (Å²) in [6.07, 6.45) is 4.99. The molecule has 1 amide bonds. The number of hydrogen-bond acceptors (Lipinski definition) is 6. The topological polar surface area (TPSA) is 111 Å². The maximum Gasteiger partial charge on any atom is 0.257 e. The van der Waals surface area contributed by atoms with Gasteiger partial charge in [0.15, 0.2) is 5.65 Å². The number of pyridine rings is 1. The zero-order valence-corrected chi connectivity index (χ0v) is 16.2. The maximum absolute atomic E-state index is 12.9. The number of anilines is 1. The molecule has 3 aromatic heterocycles. The third-order valence-corrected chi connectivity index (χ3v) is 4.38. The van der Waals surface area contributed by atoms with E-state index < -0.39 is 0 Å². The molecule has 8 heteroatoms. The molecule has 146 valence electrons. The van der Waals surface area contributed by atoms with Crippen molar-refractivity contribution < 1.29 is 4.79 Å². The number of carbonyl (C=O) groups excluding carboxylic acids is 1. The minimum absolute atomic E-state index is 0.191. The van der Waals surface area contributed by atoms with Crippen LogP contribution >= 0.6 is 0 Å². The molecule has 0 saturated heterocycles. The van der Waals surface area contributed by atoms with E-state index in [1.54, 1.807) is 18.6 Å². The van der Waals surface area contributed by atoms with Crippen molar-refractivity contribution in [1.82, 2.24) is 24.9 Å². The minimum Gasteiger partial charge on any atom is -0.383 e. The Labute approximate surface area is 167 Å². The second kappa shape index (κ2) is 7.67. The smallest absolute Gasteiger partial charge is 0.257 e. The standard InChI is InChI=1S/C21H21N7O/c1-13(2)10-24-21(29)17-18-20(27-16-8-4-3-7-15(16)26-18)28(19(17)22)25-12-14-6-5-9-23-11-14/h3-9,11-13H,10,22H2,1-2H3,(H,24,29)/b25-12+. The second-order valence-electron chi connectivity index (χ2n) is 7.09. The lowest BCUT2D eigenvalue weighted by Gasteiger charge is -2.07. The first-order chi connectivity index (χ1) is 14.0. The number of fused-ring (bicyclic) bond motifs is 2. The minimum atomic E-state index is -0.291. The van der Waals surface area contributed by atoms with Gasteiger partial charge in [-0.3, -0.25) is 9.78 Å². The van der Waals surface area contributed by atoms with Crippen LogP contribution in [-0.4, -0.2) is 38.3 Å². The number of nitrogen functional groups attached to an aromatic ring is 1. The van der Waals surface area contributed by atoms with Crippen molar-refractivity contribution in [2.24, 2.45) is 11.0 Å². The maximum atomic E-state index is 12.9. The van der Waals surface area contributed by atoms with E-state index in [2.05, 4.69) is 25.4 Å². The van der Waals surface area contributed by atoms with Gasteiger partial charge in [-0.2, -0.15) is 9.78 Å². The van der Waals surface area contributed by atoms with Crippen molar-refractivity contribution in [2.75, 3.05) is 12.3 Å². The molecule has 1 aromatic carbocycles. The molecule has 0 aliphatic carbocycles. The summed E-state index contributed by atoms with van der Waals surface area (Å²) >= 11 is 0. The van der Waals surface area contributed by atoms with Gasteiger partial charge in [0.25, 0.3) is 5.91 Å². The van der Waals surface area contributed by atoms with E-state index in [4.69, 9.17) is 5.73 Å². The lowest BCUT2D eigenvalue weighted by atomic mass is 10.2. The predicted octanol–water partition coefficient (Wildman–Crippen LogP) is 2.83. The van der Waals surface area contributed by atoms with E-state index in [1.165, 1.54) is 4.68 Å². The monoisotopic (exact) mass is 387 g/mol. The average Bonchev–Trinajstić information content (AvgIpc) is 2.99.